The van der Waals surface area contributed by atoms with Crippen molar-refractivity contribution in [2.24, 2.45) is 0 Å². The lowest BCUT2D eigenvalue weighted by atomic mass is 10.1. The van der Waals surface area contributed by atoms with Gasteiger partial charge in [0.05, 0.1) is 0 Å². The molecule has 0 fully saturated rings. The monoisotopic (exact) mass is 257 g/mol. The topological polar surface area (TPSA) is 64.9 Å². The van der Waals surface area contributed by atoms with E-state index in [1.54, 1.807) is 0 Å². The Morgan fingerprint density at radius 3 is 2.79 bits per heavy atom. The maximum absolute atomic E-state index is 11.7. The number of rotatable bonds is 5. The molecule has 1 amide bonds. The third kappa shape index (κ3) is 4.47. The Bertz CT molecular complexity index is 527. The van der Waals surface area contributed by atoms with E-state index in [-0.39, 0.29) is 11.5 Å². The van der Waals surface area contributed by atoms with Crippen LogP contribution in [-0.2, 0) is 4.79 Å². The lowest BCUT2D eigenvalue weighted by Gasteiger charge is -2.07. The predicted octanol–water partition coefficient (Wildman–Crippen LogP) is 2.65. The van der Waals surface area contributed by atoms with Crippen molar-refractivity contribution < 1.29 is 4.79 Å². The van der Waals surface area contributed by atoms with Crippen molar-refractivity contribution in [2.45, 2.75) is 27.2 Å². The summed E-state index contributed by atoms with van der Waals surface area (Å²) in [6.07, 6.45) is 2.29. The highest BCUT2D eigenvalue weighted by atomic mass is 16.1. The molecule has 0 spiro atoms. The average Bonchev–Trinajstić information content (AvgIpc) is 2.40. The van der Waals surface area contributed by atoms with Crippen molar-refractivity contribution in [3.05, 3.63) is 41.1 Å². The molecule has 0 saturated carbocycles. The van der Waals surface area contributed by atoms with Gasteiger partial charge in [0.25, 0.3) is 5.91 Å². The largest absolute Gasteiger partial charge is 0.360 e. The molecule has 0 radical (unpaired) electrons. The summed E-state index contributed by atoms with van der Waals surface area (Å²) in [4.78, 5) is 11.7. The summed E-state index contributed by atoms with van der Waals surface area (Å²) in [6, 6.07) is 7.89. The number of hydrogen-bond acceptors (Lipinski definition) is 3. The fourth-order valence-corrected chi connectivity index (χ4v) is 1.52. The molecular formula is C15H19N3O. The number of aryl methyl sites for hydroxylation is 2. The Morgan fingerprint density at radius 2 is 2.16 bits per heavy atom. The van der Waals surface area contributed by atoms with Crippen molar-refractivity contribution >= 4 is 11.6 Å². The van der Waals surface area contributed by atoms with Crippen LogP contribution in [0.25, 0.3) is 0 Å². The number of nitriles is 1. The van der Waals surface area contributed by atoms with Crippen LogP contribution in [0.5, 0.6) is 0 Å². The fourth-order valence-electron chi connectivity index (χ4n) is 1.52. The molecule has 0 bridgehead atoms. The van der Waals surface area contributed by atoms with Gasteiger partial charge in [-0.25, -0.2) is 0 Å². The van der Waals surface area contributed by atoms with E-state index in [9.17, 15) is 4.79 Å². The second-order valence-corrected chi connectivity index (χ2v) is 4.39. The van der Waals surface area contributed by atoms with Crippen LogP contribution in [0.4, 0.5) is 5.69 Å². The maximum Gasteiger partial charge on any atom is 0.263 e. The van der Waals surface area contributed by atoms with E-state index in [0.717, 1.165) is 23.2 Å². The van der Waals surface area contributed by atoms with E-state index in [0.29, 0.717) is 6.54 Å². The number of benzene rings is 1. The Hall–Kier alpha value is -2.28. The second kappa shape index (κ2) is 7.22. The van der Waals surface area contributed by atoms with Gasteiger partial charge in [0.1, 0.15) is 11.6 Å². The fraction of sp³-hybridized carbons (Fsp3) is 0.333. The molecule has 0 heterocycles. The van der Waals surface area contributed by atoms with Crippen LogP contribution in [-0.4, -0.2) is 12.5 Å². The minimum atomic E-state index is -0.345. The summed E-state index contributed by atoms with van der Waals surface area (Å²) in [7, 11) is 0. The predicted molar refractivity (Wildman–Crippen MR) is 76.5 cm³/mol. The molecule has 0 atom stereocenters. The standard InChI is InChI=1S/C15H19N3O/c1-4-7-17-15(19)13(9-16)10-18-14-8-11(2)5-6-12(14)3/h5-6,8,10,18H,4,7H2,1-3H3,(H,17,19)/b13-10-. The van der Waals surface area contributed by atoms with E-state index in [1.807, 2.05) is 45.0 Å². The highest BCUT2D eigenvalue weighted by Gasteiger charge is 2.07. The first-order chi connectivity index (χ1) is 9.08. The van der Waals surface area contributed by atoms with Crippen LogP contribution in [0.2, 0.25) is 0 Å². The summed E-state index contributed by atoms with van der Waals surface area (Å²) in [6.45, 7) is 6.50. The SMILES string of the molecule is CCCNC(=O)/C(C#N)=C\Nc1cc(C)ccc1C. The van der Waals surface area contributed by atoms with Crippen molar-refractivity contribution in [1.29, 1.82) is 5.26 Å². The number of amides is 1. The third-order valence-corrected chi connectivity index (χ3v) is 2.67. The first-order valence-corrected chi connectivity index (χ1v) is 6.30. The third-order valence-electron chi connectivity index (χ3n) is 2.67. The van der Waals surface area contributed by atoms with Crippen LogP contribution in [0.3, 0.4) is 0 Å². The van der Waals surface area contributed by atoms with Crippen molar-refractivity contribution in [3.8, 4) is 6.07 Å². The summed E-state index contributed by atoms with van der Waals surface area (Å²) in [5, 5.41) is 14.7. The molecule has 4 nitrogen and oxygen atoms in total. The maximum atomic E-state index is 11.7. The molecular weight excluding hydrogens is 238 g/mol. The Balaban J connectivity index is 2.80. The minimum Gasteiger partial charge on any atom is -0.360 e. The summed E-state index contributed by atoms with van der Waals surface area (Å²) >= 11 is 0. The molecule has 0 aliphatic rings. The zero-order valence-corrected chi connectivity index (χ0v) is 11.6. The van der Waals surface area contributed by atoms with Gasteiger partial charge in [0, 0.05) is 18.4 Å². The van der Waals surface area contributed by atoms with Crippen molar-refractivity contribution in [1.82, 2.24) is 5.32 Å². The van der Waals surface area contributed by atoms with Gasteiger partial charge >= 0.3 is 0 Å². The number of carbonyl (C=O) groups is 1. The molecule has 100 valence electrons. The highest BCUT2D eigenvalue weighted by Crippen LogP contribution is 2.16. The molecule has 0 aliphatic carbocycles. The van der Waals surface area contributed by atoms with E-state index in [2.05, 4.69) is 10.6 Å². The van der Waals surface area contributed by atoms with Crippen LogP contribution in [0, 0.1) is 25.2 Å². The molecule has 4 heteroatoms. The summed E-state index contributed by atoms with van der Waals surface area (Å²) in [5.74, 6) is -0.345. The Labute approximate surface area is 114 Å². The minimum absolute atomic E-state index is 0.0781. The average molecular weight is 257 g/mol. The van der Waals surface area contributed by atoms with E-state index < -0.39 is 0 Å². The highest BCUT2D eigenvalue weighted by molar-refractivity contribution is 5.97. The Morgan fingerprint density at radius 1 is 1.42 bits per heavy atom. The van der Waals surface area contributed by atoms with Crippen molar-refractivity contribution in [2.75, 3.05) is 11.9 Å². The zero-order valence-electron chi connectivity index (χ0n) is 11.6. The van der Waals surface area contributed by atoms with Gasteiger partial charge in [-0.05, 0) is 37.5 Å². The van der Waals surface area contributed by atoms with Gasteiger partial charge in [-0.2, -0.15) is 5.26 Å². The zero-order chi connectivity index (χ0) is 14.3. The Kier molecular flexibility index (Phi) is 5.62. The number of hydrogen-bond donors (Lipinski definition) is 2. The van der Waals surface area contributed by atoms with Crippen LogP contribution < -0.4 is 10.6 Å². The number of nitrogens with zero attached hydrogens (tertiary/aromatic N) is 1. The normalized spacial score (nSPS) is 10.7. The van der Waals surface area contributed by atoms with Crippen LogP contribution >= 0.6 is 0 Å². The molecule has 2 N–H and O–H groups in total. The van der Waals surface area contributed by atoms with Crippen molar-refractivity contribution in [3.63, 3.8) is 0 Å². The van der Waals surface area contributed by atoms with Gasteiger partial charge < -0.3 is 10.6 Å². The van der Waals surface area contributed by atoms with Gasteiger partial charge in [0.2, 0.25) is 0 Å². The summed E-state index contributed by atoms with van der Waals surface area (Å²) in [5.41, 5.74) is 3.16. The number of anilines is 1. The first kappa shape index (κ1) is 14.8. The summed E-state index contributed by atoms with van der Waals surface area (Å²) < 4.78 is 0. The van der Waals surface area contributed by atoms with E-state index in [4.69, 9.17) is 5.26 Å². The lowest BCUT2D eigenvalue weighted by molar-refractivity contribution is -0.117. The van der Waals surface area contributed by atoms with Gasteiger partial charge in [-0.3, -0.25) is 4.79 Å². The van der Waals surface area contributed by atoms with Crippen LogP contribution in [0.1, 0.15) is 24.5 Å². The number of nitrogens with one attached hydrogen (secondary N) is 2. The lowest BCUT2D eigenvalue weighted by Crippen LogP contribution is -2.25. The molecule has 0 saturated heterocycles. The second-order valence-electron chi connectivity index (χ2n) is 4.39. The molecule has 1 aromatic rings. The molecule has 1 rings (SSSR count). The molecule has 0 unspecified atom stereocenters. The van der Waals surface area contributed by atoms with Gasteiger partial charge in [-0.1, -0.05) is 19.1 Å². The smallest absolute Gasteiger partial charge is 0.263 e. The molecule has 1 aromatic carbocycles. The first-order valence-electron chi connectivity index (χ1n) is 6.30. The van der Waals surface area contributed by atoms with E-state index >= 15 is 0 Å². The molecule has 0 aliphatic heterocycles. The molecule has 0 aromatic heterocycles. The quantitative estimate of drug-likeness (QED) is 0.629. The van der Waals surface area contributed by atoms with Gasteiger partial charge in [-0.15, -0.1) is 0 Å². The van der Waals surface area contributed by atoms with Crippen LogP contribution in [0.15, 0.2) is 30.0 Å². The number of carbonyl (C=O) groups excluding carboxylic acids is 1. The van der Waals surface area contributed by atoms with Gasteiger partial charge in [0.15, 0.2) is 0 Å². The molecule has 19 heavy (non-hydrogen) atoms. The van der Waals surface area contributed by atoms with E-state index in [1.165, 1.54) is 6.20 Å².